The SMILES string of the molecule is CCCCCc1ccc(C(=O)O)c(-c2ccc(C)cc2)c1. The summed E-state index contributed by atoms with van der Waals surface area (Å²) in [5, 5.41) is 9.39. The quantitative estimate of drug-likeness (QED) is 0.749. The van der Waals surface area contributed by atoms with E-state index in [-0.39, 0.29) is 0 Å². The number of aromatic carboxylic acids is 1. The number of hydrogen-bond acceptors (Lipinski definition) is 1. The first-order chi connectivity index (χ1) is 10.1. The number of carbonyl (C=O) groups is 1. The van der Waals surface area contributed by atoms with Gasteiger partial charge < -0.3 is 5.11 Å². The molecule has 0 aliphatic carbocycles. The van der Waals surface area contributed by atoms with E-state index in [4.69, 9.17) is 0 Å². The van der Waals surface area contributed by atoms with Crippen LogP contribution in [-0.2, 0) is 6.42 Å². The average molecular weight is 282 g/mol. The molecule has 0 spiro atoms. The molecule has 0 atom stereocenters. The second-order valence-electron chi connectivity index (χ2n) is 5.51. The number of unbranched alkanes of at least 4 members (excludes halogenated alkanes) is 2. The molecule has 2 nitrogen and oxygen atoms in total. The van der Waals surface area contributed by atoms with E-state index in [0.29, 0.717) is 5.56 Å². The van der Waals surface area contributed by atoms with E-state index in [1.807, 2.05) is 43.3 Å². The number of carboxylic acids is 1. The van der Waals surface area contributed by atoms with Gasteiger partial charge in [-0.15, -0.1) is 0 Å². The van der Waals surface area contributed by atoms with E-state index in [1.165, 1.54) is 24.0 Å². The van der Waals surface area contributed by atoms with E-state index in [9.17, 15) is 9.90 Å². The highest BCUT2D eigenvalue weighted by molar-refractivity contribution is 5.96. The zero-order valence-corrected chi connectivity index (χ0v) is 12.7. The van der Waals surface area contributed by atoms with E-state index in [2.05, 4.69) is 6.92 Å². The Bertz CT molecular complexity index is 612. The third-order valence-corrected chi connectivity index (χ3v) is 3.75. The fraction of sp³-hybridized carbons (Fsp3) is 0.316. The van der Waals surface area contributed by atoms with Crippen molar-refractivity contribution in [3.8, 4) is 11.1 Å². The molecule has 0 amide bonds. The topological polar surface area (TPSA) is 37.3 Å². The molecule has 0 fully saturated rings. The molecule has 0 radical (unpaired) electrons. The van der Waals surface area contributed by atoms with Gasteiger partial charge in [0.15, 0.2) is 0 Å². The van der Waals surface area contributed by atoms with Crippen LogP contribution in [0.3, 0.4) is 0 Å². The molecule has 0 bridgehead atoms. The van der Waals surface area contributed by atoms with E-state index in [1.54, 1.807) is 6.07 Å². The van der Waals surface area contributed by atoms with Gasteiger partial charge in [-0.25, -0.2) is 4.79 Å². The molecule has 21 heavy (non-hydrogen) atoms. The molecule has 0 saturated heterocycles. The van der Waals surface area contributed by atoms with Gasteiger partial charge in [-0.05, 0) is 42.5 Å². The standard InChI is InChI=1S/C19H22O2/c1-3-4-5-6-15-9-12-17(19(20)21)18(13-15)16-10-7-14(2)8-11-16/h7-13H,3-6H2,1-2H3,(H,20,21). The maximum atomic E-state index is 11.4. The van der Waals surface area contributed by atoms with Crippen molar-refractivity contribution >= 4 is 5.97 Å². The molecule has 0 aliphatic heterocycles. The molecule has 2 heteroatoms. The van der Waals surface area contributed by atoms with Crippen molar-refractivity contribution in [3.05, 3.63) is 59.2 Å². The Morgan fingerprint density at radius 2 is 1.76 bits per heavy atom. The Hall–Kier alpha value is -2.09. The smallest absolute Gasteiger partial charge is 0.336 e. The minimum atomic E-state index is -0.870. The second-order valence-corrected chi connectivity index (χ2v) is 5.51. The van der Waals surface area contributed by atoms with Crippen molar-refractivity contribution in [2.45, 2.75) is 39.5 Å². The monoisotopic (exact) mass is 282 g/mol. The van der Waals surface area contributed by atoms with Gasteiger partial charge in [0, 0.05) is 0 Å². The summed E-state index contributed by atoms with van der Waals surface area (Å²) in [6.45, 7) is 4.22. The Morgan fingerprint density at radius 1 is 1.05 bits per heavy atom. The molecular formula is C19H22O2. The van der Waals surface area contributed by atoms with E-state index in [0.717, 1.165) is 24.0 Å². The van der Waals surface area contributed by atoms with Gasteiger partial charge in [-0.1, -0.05) is 61.7 Å². The molecule has 2 aromatic carbocycles. The first-order valence-electron chi connectivity index (χ1n) is 7.55. The summed E-state index contributed by atoms with van der Waals surface area (Å²) >= 11 is 0. The van der Waals surface area contributed by atoms with Crippen LogP contribution < -0.4 is 0 Å². The zero-order valence-electron chi connectivity index (χ0n) is 12.7. The Morgan fingerprint density at radius 3 is 2.38 bits per heavy atom. The van der Waals surface area contributed by atoms with Crippen LogP contribution in [0.15, 0.2) is 42.5 Å². The fourth-order valence-corrected chi connectivity index (χ4v) is 2.48. The lowest BCUT2D eigenvalue weighted by atomic mass is 9.95. The van der Waals surface area contributed by atoms with Crippen LogP contribution in [0.4, 0.5) is 0 Å². The van der Waals surface area contributed by atoms with Gasteiger partial charge in [0.05, 0.1) is 5.56 Å². The maximum Gasteiger partial charge on any atom is 0.336 e. The van der Waals surface area contributed by atoms with Gasteiger partial charge in [0.1, 0.15) is 0 Å². The van der Waals surface area contributed by atoms with E-state index < -0.39 is 5.97 Å². The Labute approximate surface area is 126 Å². The summed E-state index contributed by atoms with van der Waals surface area (Å²) in [5.41, 5.74) is 4.55. The van der Waals surface area contributed by atoms with Crippen molar-refractivity contribution in [1.82, 2.24) is 0 Å². The number of aryl methyl sites for hydroxylation is 2. The molecule has 0 unspecified atom stereocenters. The maximum absolute atomic E-state index is 11.4. The van der Waals surface area contributed by atoms with Crippen molar-refractivity contribution in [1.29, 1.82) is 0 Å². The van der Waals surface area contributed by atoms with Gasteiger partial charge in [-0.2, -0.15) is 0 Å². The van der Waals surface area contributed by atoms with Crippen LogP contribution in [-0.4, -0.2) is 11.1 Å². The van der Waals surface area contributed by atoms with E-state index >= 15 is 0 Å². The average Bonchev–Trinajstić information content (AvgIpc) is 2.48. The van der Waals surface area contributed by atoms with Crippen molar-refractivity contribution in [3.63, 3.8) is 0 Å². The van der Waals surface area contributed by atoms with Crippen LogP contribution in [0, 0.1) is 6.92 Å². The lowest BCUT2D eigenvalue weighted by Gasteiger charge is -2.10. The molecule has 0 aliphatic rings. The number of hydrogen-bond donors (Lipinski definition) is 1. The second kappa shape index (κ2) is 7.07. The Balaban J connectivity index is 2.37. The number of rotatable bonds is 6. The molecule has 1 N–H and O–H groups in total. The summed E-state index contributed by atoms with van der Waals surface area (Å²) in [4.78, 5) is 11.4. The molecular weight excluding hydrogens is 260 g/mol. The molecule has 0 saturated carbocycles. The lowest BCUT2D eigenvalue weighted by molar-refractivity contribution is 0.0697. The molecule has 2 aromatic rings. The van der Waals surface area contributed by atoms with Crippen LogP contribution in [0.25, 0.3) is 11.1 Å². The van der Waals surface area contributed by atoms with Gasteiger partial charge in [0.25, 0.3) is 0 Å². The molecule has 0 heterocycles. The van der Waals surface area contributed by atoms with Crippen LogP contribution >= 0.6 is 0 Å². The highest BCUT2D eigenvalue weighted by atomic mass is 16.4. The highest BCUT2D eigenvalue weighted by Crippen LogP contribution is 2.26. The minimum Gasteiger partial charge on any atom is -0.478 e. The van der Waals surface area contributed by atoms with Crippen molar-refractivity contribution in [2.24, 2.45) is 0 Å². The van der Waals surface area contributed by atoms with Crippen molar-refractivity contribution in [2.75, 3.05) is 0 Å². The zero-order chi connectivity index (χ0) is 15.2. The summed E-state index contributed by atoms with van der Waals surface area (Å²) in [5.74, 6) is -0.870. The predicted molar refractivity (Wildman–Crippen MR) is 86.8 cm³/mol. The number of benzene rings is 2. The fourth-order valence-electron chi connectivity index (χ4n) is 2.48. The van der Waals surface area contributed by atoms with Crippen LogP contribution in [0.2, 0.25) is 0 Å². The third kappa shape index (κ3) is 3.94. The first-order valence-corrected chi connectivity index (χ1v) is 7.55. The summed E-state index contributed by atoms with van der Waals surface area (Å²) in [6, 6.07) is 13.7. The van der Waals surface area contributed by atoms with Gasteiger partial charge >= 0.3 is 5.97 Å². The third-order valence-electron chi connectivity index (χ3n) is 3.75. The largest absolute Gasteiger partial charge is 0.478 e. The highest BCUT2D eigenvalue weighted by Gasteiger charge is 2.12. The van der Waals surface area contributed by atoms with Gasteiger partial charge in [-0.3, -0.25) is 0 Å². The lowest BCUT2D eigenvalue weighted by Crippen LogP contribution is -2.01. The summed E-state index contributed by atoms with van der Waals surface area (Å²) < 4.78 is 0. The number of carboxylic acid groups (broad SMARTS) is 1. The van der Waals surface area contributed by atoms with Crippen LogP contribution in [0.1, 0.15) is 47.7 Å². The summed E-state index contributed by atoms with van der Waals surface area (Å²) in [7, 11) is 0. The minimum absolute atomic E-state index is 0.373. The van der Waals surface area contributed by atoms with Gasteiger partial charge in [0.2, 0.25) is 0 Å². The normalized spacial score (nSPS) is 10.6. The van der Waals surface area contributed by atoms with Crippen molar-refractivity contribution < 1.29 is 9.90 Å². The molecule has 2 rings (SSSR count). The summed E-state index contributed by atoms with van der Waals surface area (Å²) in [6.07, 6.45) is 4.56. The van der Waals surface area contributed by atoms with Crippen LogP contribution in [0.5, 0.6) is 0 Å². The first kappa shape index (κ1) is 15.3. The molecule has 0 aromatic heterocycles. The Kier molecular flexibility index (Phi) is 5.15. The molecule has 110 valence electrons. The predicted octanol–water partition coefficient (Wildman–Crippen LogP) is 5.09.